The van der Waals surface area contributed by atoms with E-state index >= 15 is 0 Å². The number of nitro groups is 1. The molecule has 0 spiro atoms. The number of carbonyl (C=O) groups is 1. The van der Waals surface area contributed by atoms with Crippen molar-refractivity contribution in [3.8, 4) is 0 Å². The molecule has 0 atom stereocenters. The van der Waals surface area contributed by atoms with Gasteiger partial charge in [0.2, 0.25) is 5.91 Å². The summed E-state index contributed by atoms with van der Waals surface area (Å²) in [5.74, 6) is -0.276. The lowest BCUT2D eigenvalue weighted by Gasteiger charge is -2.38. The molecule has 102 valence electrons. The van der Waals surface area contributed by atoms with E-state index in [0.29, 0.717) is 5.69 Å². The van der Waals surface area contributed by atoms with Gasteiger partial charge in [0.1, 0.15) is 6.61 Å². The highest BCUT2D eigenvalue weighted by Crippen LogP contribution is 2.17. The number of amides is 1. The number of nitrogens with one attached hydrogen (secondary N) is 2. The van der Waals surface area contributed by atoms with Crippen molar-refractivity contribution in [1.82, 2.24) is 5.32 Å². The Balaban J connectivity index is 1.83. The number of anilines is 1. The third kappa shape index (κ3) is 3.49. The van der Waals surface area contributed by atoms with E-state index in [2.05, 4.69) is 10.6 Å². The number of benzene rings is 1. The van der Waals surface area contributed by atoms with E-state index in [4.69, 9.17) is 4.74 Å². The van der Waals surface area contributed by atoms with Gasteiger partial charge in [0.05, 0.1) is 10.5 Å². The van der Waals surface area contributed by atoms with Crippen LogP contribution in [0.3, 0.4) is 0 Å². The van der Waals surface area contributed by atoms with Crippen LogP contribution in [0.4, 0.5) is 11.4 Å². The second kappa shape index (κ2) is 5.33. The Morgan fingerprint density at radius 2 is 2.11 bits per heavy atom. The molecular weight excluding hydrogens is 250 g/mol. The highest BCUT2D eigenvalue weighted by Gasteiger charge is 2.32. The Morgan fingerprint density at radius 3 is 2.58 bits per heavy atom. The van der Waals surface area contributed by atoms with Crippen LogP contribution in [-0.2, 0) is 9.53 Å². The average Bonchev–Trinajstić information content (AvgIpc) is 2.35. The van der Waals surface area contributed by atoms with Gasteiger partial charge < -0.3 is 15.4 Å². The Morgan fingerprint density at radius 1 is 1.47 bits per heavy atom. The van der Waals surface area contributed by atoms with Crippen molar-refractivity contribution >= 4 is 17.3 Å². The van der Waals surface area contributed by atoms with Crippen LogP contribution in [0.25, 0.3) is 0 Å². The molecule has 1 aliphatic rings. The molecule has 1 aromatic carbocycles. The van der Waals surface area contributed by atoms with Crippen LogP contribution in [0.15, 0.2) is 24.3 Å². The first-order valence-corrected chi connectivity index (χ1v) is 5.87. The largest absolute Gasteiger partial charge is 0.363 e. The molecule has 7 nitrogen and oxygen atoms in total. The van der Waals surface area contributed by atoms with Gasteiger partial charge in [-0.15, -0.1) is 0 Å². The fourth-order valence-corrected chi connectivity index (χ4v) is 1.68. The smallest absolute Gasteiger partial charge is 0.269 e. The van der Waals surface area contributed by atoms with Gasteiger partial charge in [-0.3, -0.25) is 14.9 Å². The van der Waals surface area contributed by atoms with Crippen molar-refractivity contribution in [2.24, 2.45) is 0 Å². The average molecular weight is 265 g/mol. The third-order valence-electron chi connectivity index (χ3n) is 2.91. The zero-order chi connectivity index (χ0) is 13.9. The first-order chi connectivity index (χ1) is 8.98. The van der Waals surface area contributed by atoms with E-state index < -0.39 is 4.92 Å². The molecule has 0 aromatic heterocycles. The molecule has 7 heteroatoms. The molecule has 2 N–H and O–H groups in total. The van der Waals surface area contributed by atoms with Crippen molar-refractivity contribution in [3.05, 3.63) is 34.4 Å². The molecule has 0 radical (unpaired) electrons. The molecule has 1 saturated heterocycles. The first-order valence-electron chi connectivity index (χ1n) is 5.87. The Bertz CT molecular complexity index is 482. The van der Waals surface area contributed by atoms with E-state index in [1.807, 2.05) is 6.92 Å². The summed E-state index contributed by atoms with van der Waals surface area (Å²) in [5.41, 5.74) is 0.227. The van der Waals surface area contributed by atoms with Crippen molar-refractivity contribution < 1.29 is 14.5 Å². The molecule has 1 amide bonds. The maximum Gasteiger partial charge on any atom is 0.269 e. The Labute approximate surface area is 110 Å². The topological polar surface area (TPSA) is 93.5 Å². The maximum atomic E-state index is 11.6. The van der Waals surface area contributed by atoms with Crippen molar-refractivity contribution in [2.75, 3.05) is 25.0 Å². The van der Waals surface area contributed by atoms with E-state index in [1.165, 1.54) is 24.3 Å². The van der Waals surface area contributed by atoms with Crippen LogP contribution in [0.1, 0.15) is 6.92 Å². The van der Waals surface area contributed by atoms with Crippen LogP contribution >= 0.6 is 0 Å². The summed E-state index contributed by atoms with van der Waals surface area (Å²) >= 11 is 0. The minimum absolute atomic E-state index is 0.0118. The number of hydrogen-bond acceptors (Lipinski definition) is 5. The molecule has 1 aromatic rings. The molecule has 0 bridgehead atoms. The monoisotopic (exact) mass is 265 g/mol. The standard InChI is InChI=1S/C12H15N3O4/c1-12(7-13-8-12)19-6-11(16)14-9-2-4-10(5-3-9)15(17)18/h2-5,13H,6-8H2,1H3,(H,14,16). The number of rotatable bonds is 5. The summed E-state index contributed by atoms with van der Waals surface area (Å²) in [5, 5.41) is 16.2. The van der Waals surface area contributed by atoms with E-state index in [1.54, 1.807) is 0 Å². The molecule has 1 aliphatic heterocycles. The number of nitro benzene ring substituents is 1. The lowest BCUT2D eigenvalue weighted by atomic mass is 10.0. The molecule has 1 fully saturated rings. The summed E-state index contributed by atoms with van der Waals surface area (Å²) in [6.45, 7) is 3.37. The zero-order valence-corrected chi connectivity index (χ0v) is 10.5. The van der Waals surface area contributed by atoms with Gasteiger partial charge >= 0.3 is 0 Å². The van der Waals surface area contributed by atoms with Gasteiger partial charge in [0.15, 0.2) is 0 Å². The van der Waals surface area contributed by atoms with Gasteiger partial charge in [-0.1, -0.05) is 0 Å². The predicted molar refractivity (Wildman–Crippen MR) is 69.0 cm³/mol. The van der Waals surface area contributed by atoms with Crippen LogP contribution in [0, 0.1) is 10.1 Å². The fourth-order valence-electron chi connectivity index (χ4n) is 1.68. The van der Waals surface area contributed by atoms with Gasteiger partial charge in [0.25, 0.3) is 5.69 Å². The molecule has 0 saturated carbocycles. The maximum absolute atomic E-state index is 11.6. The minimum Gasteiger partial charge on any atom is -0.363 e. The lowest BCUT2D eigenvalue weighted by molar-refractivity contribution is -0.384. The number of non-ortho nitro benzene ring substituents is 1. The molecule has 19 heavy (non-hydrogen) atoms. The van der Waals surface area contributed by atoms with Crippen LogP contribution in [0.2, 0.25) is 0 Å². The highest BCUT2D eigenvalue weighted by molar-refractivity contribution is 5.91. The van der Waals surface area contributed by atoms with Crippen molar-refractivity contribution in [2.45, 2.75) is 12.5 Å². The summed E-state index contributed by atoms with van der Waals surface area (Å²) in [4.78, 5) is 21.6. The van der Waals surface area contributed by atoms with Crippen molar-refractivity contribution in [3.63, 3.8) is 0 Å². The third-order valence-corrected chi connectivity index (χ3v) is 2.91. The van der Waals surface area contributed by atoms with Gasteiger partial charge in [0, 0.05) is 30.9 Å². The summed E-state index contributed by atoms with van der Waals surface area (Å²) in [7, 11) is 0. The summed E-state index contributed by atoms with van der Waals surface area (Å²) in [6.07, 6.45) is 0. The minimum atomic E-state index is -0.487. The zero-order valence-electron chi connectivity index (χ0n) is 10.5. The van der Waals surface area contributed by atoms with E-state index in [9.17, 15) is 14.9 Å². The van der Waals surface area contributed by atoms with Crippen LogP contribution in [0.5, 0.6) is 0 Å². The molecule has 0 aliphatic carbocycles. The molecule has 1 heterocycles. The molecule has 2 rings (SSSR count). The number of carbonyl (C=O) groups excluding carboxylic acids is 1. The van der Waals surface area contributed by atoms with Crippen LogP contribution < -0.4 is 10.6 Å². The predicted octanol–water partition coefficient (Wildman–Crippen LogP) is 0.912. The number of hydrogen-bond donors (Lipinski definition) is 2. The lowest BCUT2D eigenvalue weighted by Crippen LogP contribution is -2.59. The van der Waals surface area contributed by atoms with Gasteiger partial charge in [-0.05, 0) is 19.1 Å². The second-order valence-corrected chi connectivity index (χ2v) is 4.69. The first kappa shape index (κ1) is 13.4. The fraction of sp³-hybridized carbons (Fsp3) is 0.417. The Kier molecular flexibility index (Phi) is 3.77. The van der Waals surface area contributed by atoms with Crippen LogP contribution in [-0.4, -0.2) is 36.1 Å². The van der Waals surface area contributed by atoms with Gasteiger partial charge in [-0.2, -0.15) is 0 Å². The SMILES string of the molecule is CC1(OCC(=O)Nc2ccc([N+](=O)[O-])cc2)CNC1. The van der Waals surface area contributed by atoms with E-state index in [-0.39, 0.29) is 23.8 Å². The van der Waals surface area contributed by atoms with Gasteiger partial charge in [-0.25, -0.2) is 0 Å². The van der Waals surface area contributed by atoms with E-state index in [0.717, 1.165) is 13.1 Å². The molecule has 0 unspecified atom stereocenters. The van der Waals surface area contributed by atoms with Crippen molar-refractivity contribution in [1.29, 1.82) is 0 Å². The normalized spacial score (nSPS) is 16.5. The highest BCUT2D eigenvalue weighted by atomic mass is 16.6. The second-order valence-electron chi connectivity index (χ2n) is 4.69. The number of ether oxygens (including phenoxy) is 1. The Hall–Kier alpha value is -1.99. The summed E-state index contributed by atoms with van der Waals surface area (Å²) in [6, 6.07) is 5.66. The quantitative estimate of drug-likeness (QED) is 0.609. The number of nitrogens with zero attached hydrogens (tertiary/aromatic N) is 1. The summed E-state index contributed by atoms with van der Waals surface area (Å²) < 4.78 is 5.48. The molecular formula is C12H15N3O4.